The summed E-state index contributed by atoms with van der Waals surface area (Å²) in [5, 5.41) is 4.03. The van der Waals surface area contributed by atoms with E-state index in [-0.39, 0.29) is 4.90 Å². The molecular formula is C9H7IN2O3S. The Labute approximate surface area is 107 Å². The summed E-state index contributed by atoms with van der Waals surface area (Å²) in [6.07, 6.45) is 3.43. The zero-order valence-electron chi connectivity index (χ0n) is 7.95. The molecule has 5 nitrogen and oxygen atoms in total. The number of hydrogen-bond acceptors (Lipinski definition) is 4. The molecule has 0 fully saturated rings. The summed E-state index contributed by atoms with van der Waals surface area (Å²) in [5.41, 5.74) is 0.789. The van der Waals surface area contributed by atoms with Crippen molar-refractivity contribution in [2.24, 2.45) is 0 Å². The highest BCUT2D eigenvalue weighted by molar-refractivity contribution is 14.1. The monoisotopic (exact) mass is 350 g/mol. The Morgan fingerprint density at radius 3 is 2.44 bits per heavy atom. The van der Waals surface area contributed by atoms with Crippen molar-refractivity contribution in [1.29, 1.82) is 0 Å². The second-order valence-electron chi connectivity index (χ2n) is 2.96. The van der Waals surface area contributed by atoms with Crippen molar-refractivity contribution in [3.05, 3.63) is 42.7 Å². The quantitative estimate of drug-likeness (QED) is 0.794. The van der Waals surface area contributed by atoms with E-state index >= 15 is 0 Å². The number of benzene rings is 1. The largest absolute Gasteiger partial charge is 0.306 e. The Balaban J connectivity index is 2.38. The molecule has 2 aromatic rings. The van der Waals surface area contributed by atoms with Crippen LogP contribution in [0.3, 0.4) is 0 Å². The molecule has 0 aliphatic carbocycles. The minimum Gasteiger partial charge on any atom is -0.241 e. The van der Waals surface area contributed by atoms with Gasteiger partial charge in [0, 0.05) is 12.4 Å². The van der Waals surface area contributed by atoms with Gasteiger partial charge in [0.1, 0.15) is 23.0 Å². The number of hydrogen-bond donors (Lipinski definition) is 0. The molecule has 1 aromatic heterocycles. The first kappa shape index (κ1) is 11.6. The highest BCUT2D eigenvalue weighted by atomic mass is 127. The molecule has 1 heterocycles. The molecule has 0 atom stereocenters. The Hall–Kier alpha value is -0.930. The van der Waals surface area contributed by atoms with Gasteiger partial charge >= 0.3 is 10.1 Å². The Morgan fingerprint density at radius 1 is 1.25 bits per heavy atom. The van der Waals surface area contributed by atoms with E-state index in [4.69, 9.17) is 0 Å². The average molecular weight is 350 g/mol. The van der Waals surface area contributed by atoms with Gasteiger partial charge < -0.3 is 0 Å². The first-order chi connectivity index (χ1) is 7.63. The van der Waals surface area contributed by atoms with Gasteiger partial charge in [-0.2, -0.15) is 16.0 Å². The number of nitrogens with zero attached hydrogens (tertiary/aromatic N) is 2. The van der Waals surface area contributed by atoms with Crippen LogP contribution in [-0.4, -0.2) is 18.2 Å². The molecule has 16 heavy (non-hydrogen) atoms. The smallest absolute Gasteiger partial charge is 0.241 e. The molecule has 1 aromatic carbocycles. The van der Waals surface area contributed by atoms with Gasteiger partial charge in [-0.3, -0.25) is 0 Å². The van der Waals surface area contributed by atoms with Crippen LogP contribution in [0.5, 0.6) is 0 Å². The van der Waals surface area contributed by atoms with E-state index in [2.05, 4.69) is 7.61 Å². The summed E-state index contributed by atoms with van der Waals surface area (Å²) in [4.78, 5) is 0.123. The fourth-order valence-corrected chi connectivity index (χ4v) is 2.39. The fraction of sp³-hybridized carbons (Fsp3) is 0. The van der Waals surface area contributed by atoms with Gasteiger partial charge in [0.25, 0.3) is 0 Å². The standard InChI is InChI=1S/C9H7IN2O3S/c10-15-16(13,14)9-4-2-8(3-5-9)12-7-1-6-11-12/h1-7H. The summed E-state index contributed by atoms with van der Waals surface area (Å²) in [7, 11) is -3.63. The highest BCUT2D eigenvalue weighted by Gasteiger charge is 2.13. The molecule has 7 heteroatoms. The normalized spacial score (nSPS) is 11.6. The molecule has 0 unspecified atom stereocenters. The molecule has 0 radical (unpaired) electrons. The van der Waals surface area contributed by atoms with Crippen LogP contribution in [0, 0.1) is 0 Å². The molecule has 0 aliphatic rings. The van der Waals surface area contributed by atoms with Crippen molar-refractivity contribution in [3.8, 4) is 5.69 Å². The molecule has 0 spiro atoms. The topological polar surface area (TPSA) is 61.2 Å². The van der Waals surface area contributed by atoms with E-state index < -0.39 is 10.1 Å². The third-order valence-electron chi connectivity index (χ3n) is 1.98. The van der Waals surface area contributed by atoms with Crippen LogP contribution in [0.2, 0.25) is 0 Å². The van der Waals surface area contributed by atoms with Gasteiger partial charge in [0.05, 0.1) is 10.6 Å². The maximum Gasteiger partial charge on any atom is 0.306 e. The SMILES string of the molecule is O=S(=O)(OI)c1ccc(-n2cccn2)cc1. The Bertz CT molecular complexity index is 563. The van der Waals surface area contributed by atoms with Gasteiger partial charge in [-0.15, -0.1) is 0 Å². The summed E-state index contributed by atoms with van der Waals surface area (Å²) in [6, 6.07) is 8.07. The van der Waals surface area contributed by atoms with Crippen LogP contribution in [0.15, 0.2) is 47.6 Å². The molecule has 2 rings (SSSR count). The third-order valence-corrected chi connectivity index (χ3v) is 4.41. The Morgan fingerprint density at radius 2 is 1.94 bits per heavy atom. The van der Waals surface area contributed by atoms with Crippen LogP contribution in [0.1, 0.15) is 0 Å². The number of aromatic nitrogens is 2. The average Bonchev–Trinajstić information content (AvgIpc) is 2.83. The maximum absolute atomic E-state index is 11.3. The summed E-state index contributed by atoms with van der Waals surface area (Å²) in [6.45, 7) is 0. The van der Waals surface area contributed by atoms with Crippen LogP contribution < -0.4 is 0 Å². The first-order valence-electron chi connectivity index (χ1n) is 4.29. The van der Waals surface area contributed by atoms with Gasteiger partial charge in [-0.25, -0.2) is 4.68 Å². The molecule has 0 amide bonds. The van der Waals surface area contributed by atoms with Gasteiger partial charge in [-0.1, -0.05) is 0 Å². The van der Waals surface area contributed by atoms with Crippen molar-refractivity contribution in [1.82, 2.24) is 9.78 Å². The summed E-state index contributed by atoms with van der Waals surface area (Å²) >= 11 is 1.35. The number of halogens is 1. The number of rotatable bonds is 3. The minimum absolute atomic E-state index is 0.123. The van der Waals surface area contributed by atoms with Gasteiger partial charge in [0.2, 0.25) is 0 Å². The molecule has 0 saturated heterocycles. The summed E-state index contributed by atoms with van der Waals surface area (Å²) < 4.78 is 28.7. The van der Waals surface area contributed by atoms with Crippen molar-refractivity contribution in [2.45, 2.75) is 4.90 Å². The van der Waals surface area contributed by atoms with Gasteiger partial charge in [0.15, 0.2) is 0 Å². The van der Waals surface area contributed by atoms with E-state index in [0.29, 0.717) is 0 Å². The van der Waals surface area contributed by atoms with Crippen molar-refractivity contribution >= 4 is 33.1 Å². The predicted octanol–water partition coefficient (Wildman–Crippen LogP) is 1.93. The molecule has 0 N–H and O–H groups in total. The van der Waals surface area contributed by atoms with E-state index in [1.54, 1.807) is 35.3 Å². The molecule has 0 saturated carbocycles. The maximum atomic E-state index is 11.3. The lowest BCUT2D eigenvalue weighted by Crippen LogP contribution is -2.00. The minimum atomic E-state index is -3.63. The van der Waals surface area contributed by atoms with Gasteiger partial charge in [-0.05, 0) is 30.3 Å². The van der Waals surface area contributed by atoms with E-state index in [9.17, 15) is 8.42 Å². The van der Waals surface area contributed by atoms with Crippen molar-refractivity contribution in [3.63, 3.8) is 0 Å². The highest BCUT2D eigenvalue weighted by Crippen LogP contribution is 2.16. The Kier molecular flexibility index (Phi) is 3.26. The summed E-state index contributed by atoms with van der Waals surface area (Å²) in [5.74, 6) is 0. The van der Waals surface area contributed by atoms with Crippen LogP contribution in [-0.2, 0) is 12.6 Å². The van der Waals surface area contributed by atoms with Crippen LogP contribution in [0.4, 0.5) is 0 Å². The molecule has 0 aliphatic heterocycles. The molecule has 84 valence electrons. The predicted molar refractivity (Wildman–Crippen MR) is 65.9 cm³/mol. The second kappa shape index (κ2) is 4.52. The lowest BCUT2D eigenvalue weighted by molar-refractivity contribution is 0.536. The first-order valence-corrected chi connectivity index (χ1v) is 6.58. The van der Waals surface area contributed by atoms with E-state index in [1.807, 2.05) is 0 Å². The zero-order chi connectivity index (χ0) is 11.6. The van der Waals surface area contributed by atoms with E-state index in [0.717, 1.165) is 5.69 Å². The molecular weight excluding hydrogens is 343 g/mol. The van der Waals surface area contributed by atoms with Crippen molar-refractivity contribution in [2.75, 3.05) is 0 Å². The lowest BCUT2D eigenvalue weighted by atomic mass is 10.3. The van der Waals surface area contributed by atoms with Crippen LogP contribution in [0.25, 0.3) is 5.69 Å². The zero-order valence-corrected chi connectivity index (χ0v) is 10.9. The van der Waals surface area contributed by atoms with Crippen molar-refractivity contribution < 1.29 is 10.9 Å². The second-order valence-corrected chi connectivity index (χ2v) is 5.55. The van der Waals surface area contributed by atoms with Crippen LogP contribution >= 0.6 is 23.0 Å². The molecule has 0 bridgehead atoms. The fourth-order valence-electron chi connectivity index (χ4n) is 1.22. The lowest BCUT2D eigenvalue weighted by Gasteiger charge is -2.03. The third kappa shape index (κ3) is 2.25. The van der Waals surface area contributed by atoms with E-state index in [1.165, 1.54) is 35.1 Å².